The highest BCUT2D eigenvalue weighted by Crippen LogP contribution is 2.49. The third-order valence-corrected chi connectivity index (χ3v) is 8.12. The van der Waals surface area contributed by atoms with E-state index in [1.807, 2.05) is 0 Å². The molecule has 0 unspecified atom stereocenters. The second-order valence-corrected chi connectivity index (χ2v) is 10.6. The Hall–Kier alpha value is -1.95. The lowest BCUT2D eigenvalue weighted by Crippen LogP contribution is -2.44. The zero-order valence-corrected chi connectivity index (χ0v) is 16.9. The zero-order valence-electron chi connectivity index (χ0n) is 16.1. The lowest BCUT2D eigenvalue weighted by molar-refractivity contribution is -0.141. The van der Waals surface area contributed by atoms with Crippen LogP contribution in [0.5, 0.6) is 0 Å². The van der Waals surface area contributed by atoms with Crippen molar-refractivity contribution in [2.24, 2.45) is 17.8 Å². The third-order valence-electron chi connectivity index (χ3n) is 6.51. The Morgan fingerprint density at radius 2 is 1.90 bits per heavy atom. The molecule has 4 rings (SSSR count). The molecule has 3 aliphatic rings. The second-order valence-electron chi connectivity index (χ2n) is 8.25. The van der Waals surface area contributed by atoms with Gasteiger partial charge in [-0.2, -0.15) is 13.2 Å². The van der Waals surface area contributed by atoms with E-state index in [9.17, 15) is 31.5 Å². The van der Waals surface area contributed by atoms with Gasteiger partial charge in [0.05, 0.1) is 17.1 Å². The fraction of sp³-hybridized carbons (Fsp3) is 0.722. The highest BCUT2D eigenvalue weighted by molar-refractivity contribution is 7.91. The van der Waals surface area contributed by atoms with Gasteiger partial charge >= 0.3 is 6.18 Å². The molecule has 1 aromatic rings. The minimum Gasteiger partial charge on any atom is -0.396 e. The molecule has 3 fully saturated rings. The number of aliphatic hydroxyl groups excluding tert-OH is 1. The number of carbonyl (C=O) groups is 1. The van der Waals surface area contributed by atoms with Crippen molar-refractivity contribution in [2.75, 3.05) is 36.5 Å². The van der Waals surface area contributed by atoms with Crippen LogP contribution in [-0.4, -0.2) is 71.5 Å². The van der Waals surface area contributed by atoms with Crippen molar-refractivity contribution < 1.29 is 31.5 Å². The summed E-state index contributed by atoms with van der Waals surface area (Å²) >= 11 is 0. The number of nitrogens with zero attached hydrogens (tertiary/aromatic N) is 3. The number of amides is 1. The Labute approximate surface area is 171 Å². The van der Waals surface area contributed by atoms with Gasteiger partial charge in [0.2, 0.25) is 5.95 Å². The zero-order chi connectivity index (χ0) is 21.7. The van der Waals surface area contributed by atoms with Gasteiger partial charge in [-0.25, -0.2) is 18.4 Å². The molecule has 12 heteroatoms. The molecule has 2 saturated carbocycles. The SMILES string of the molecule is O=C(c1cnc(N[C@H]2[C@H]3CC[C@H](C3)[C@H]2CO)nc1C(F)(F)F)N1CCS(=O)(=O)CC1. The number of hydrogen-bond donors (Lipinski definition) is 2. The first-order chi connectivity index (χ1) is 14.1. The van der Waals surface area contributed by atoms with Crippen LogP contribution in [0.15, 0.2) is 6.20 Å². The molecular weight excluding hydrogens is 425 g/mol. The van der Waals surface area contributed by atoms with Crippen LogP contribution < -0.4 is 5.32 Å². The van der Waals surface area contributed by atoms with Gasteiger partial charge in [0.25, 0.3) is 5.91 Å². The number of carbonyl (C=O) groups excluding carboxylic acids is 1. The van der Waals surface area contributed by atoms with Gasteiger partial charge in [-0.15, -0.1) is 0 Å². The quantitative estimate of drug-likeness (QED) is 0.711. The lowest BCUT2D eigenvalue weighted by atomic mass is 9.85. The average Bonchev–Trinajstić information content (AvgIpc) is 3.28. The number of aliphatic hydroxyl groups is 1. The molecule has 0 aromatic carbocycles. The van der Waals surface area contributed by atoms with Gasteiger partial charge < -0.3 is 15.3 Å². The number of anilines is 1. The summed E-state index contributed by atoms with van der Waals surface area (Å²) < 4.78 is 64.0. The van der Waals surface area contributed by atoms with Crippen LogP contribution in [0, 0.1) is 17.8 Å². The molecule has 1 aromatic heterocycles. The molecule has 2 heterocycles. The first-order valence-corrected chi connectivity index (χ1v) is 11.7. The van der Waals surface area contributed by atoms with E-state index >= 15 is 0 Å². The molecular formula is C18H23F3N4O4S. The van der Waals surface area contributed by atoms with Crippen molar-refractivity contribution in [1.82, 2.24) is 14.9 Å². The Morgan fingerprint density at radius 3 is 2.53 bits per heavy atom. The third kappa shape index (κ3) is 3.98. The van der Waals surface area contributed by atoms with Crippen molar-refractivity contribution in [2.45, 2.75) is 31.5 Å². The molecule has 30 heavy (non-hydrogen) atoms. The molecule has 2 bridgehead atoms. The first-order valence-electron chi connectivity index (χ1n) is 9.90. The maximum Gasteiger partial charge on any atom is 0.434 e. The Balaban J connectivity index is 1.58. The van der Waals surface area contributed by atoms with E-state index in [-0.39, 0.29) is 55.0 Å². The molecule has 1 saturated heterocycles. The average molecular weight is 448 g/mol. The molecule has 4 atom stereocenters. The summed E-state index contributed by atoms with van der Waals surface area (Å²) in [4.78, 5) is 21.3. The van der Waals surface area contributed by atoms with Crippen molar-refractivity contribution in [1.29, 1.82) is 0 Å². The number of halogens is 3. The topological polar surface area (TPSA) is 112 Å². The van der Waals surface area contributed by atoms with Crippen LogP contribution in [0.2, 0.25) is 0 Å². The van der Waals surface area contributed by atoms with Gasteiger partial charge in [0.1, 0.15) is 0 Å². The minimum atomic E-state index is -4.88. The summed E-state index contributed by atoms with van der Waals surface area (Å²) in [5.41, 5.74) is -2.04. The maximum atomic E-state index is 13.7. The summed E-state index contributed by atoms with van der Waals surface area (Å²) in [5, 5.41) is 12.6. The van der Waals surface area contributed by atoms with Gasteiger partial charge in [0.15, 0.2) is 15.5 Å². The van der Waals surface area contributed by atoms with E-state index in [1.165, 1.54) is 0 Å². The molecule has 1 aliphatic heterocycles. The van der Waals surface area contributed by atoms with Crippen molar-refractivity contribution in [3.63, 3.8) is 0 Å². The summed E-state index contributed by atoms with van der Waals surface area (Å²) in [7, 11) is -3.28. The first kappa shape index (κ1) is 21.3. The number of sulfone groups is 1. The van der Waals surface area contributed by atoms with Crippen LogP contribution >= 0.6 is 0 Å². The lowest BCUT2D eigenvalue weighted by Gasteiger charge is -2.31. The molecule has 0 radical (unpaired) electrons. The molecule has 2 N–H and O–H groups in total. The Morgan fingerprint density at radius 1 is 1.23 bits per heavy atom. The smallest absolute Gasteiger partial charge is 0.396 e. The highest BCUT2D eigenvalue weighted by Gasteiger charge is 2.48. The van der Waals surface area contributed by atoms with E-state index in [1.54, 1.807) is 0 Å². The van der Waals surface area contributed by atoms with Gasteiger partial charge in [-0.1, -0.05) is 0 Å². The van der Waals surface area contributed by atoms with Crippen LogP contribution in [0.3, 0.4) is 0 Å². The molecule has 0 spiro atoms. The van der Waals surface area contributed by atoms with E-state index in [0.717, 1.165) is 30.4 Å². The predicted molar refractivity (Wildman–Crippen MR) is 100 cm³/mol. The second kappa shape index (κ2) is 7.63. The molecule has 8 nitrogen and oxygen atoms in total. The molecule has 1 amide bonds. The molecule has 166 valence electrons. The summed E-state index contributed by atoms with van der Waals surface area (Å²) in [5.74, 6) is -1.19. The number of rotatable bonds is 4. The van der Waals surface area contributed by atoms with E-state index < -0.39 is 33.2 Å². The number of hydrogen-bond acceptors (Lipinski definition) is 7. The van der Waals surface area contributed by atoms with E-state index in [2.05, 4.69) is 15.3 Å². The van der Waals surface area contributed by atoms with Crippen molar-refractivity contribution >= 4 is 21.7 Å². The summed E-state index contributed by atoms with van der Waals surface area (Å²) in [6, 6.07) is -0.205. The van der Waals surface area contributed by atoms with Crippen LogP contribution in [0.4, 0.5) is 19.1 Å². The summed E-state index contributed by atoms with van der Waals surface area (Å²) in [6.07, 6.45) is -1.16. The normalized spacial score (nSPS) is 30.5. The van der Waals surface area contributed by atoms with Gasteiger partial charge in [0, 0.05) is 37.9 Å². The predicted octanol–water partition coefficient (Wildman–Crippen LogP) is 1.18. The maximum absolute atomic E-state index is 13.7. The van der Waals surface area contributed by atoms with Crippen molar-refractivity contribution in [3.8, 4) is 0 Å². The number of nitrogens with one attached hydrogen (secondary N) is 1. The number of aromatic nitrogens is 2. The van der Waals surface area contributed by atoms with E-state index in [4.69, 9.17) is 0 Å². The Kier molecular flexibility index (Phi) is 5.41. The summed E-state index contributed by atoms with van der Waals surface area (Å²) in [6.45, 7) is -0.386. The monoisotopic (exact) mass is 448 g/mol. The van der Waals surface area contributed by atoms with E-state index in [0.29, 0.717) is 5.92 Å². The van der Waals surface area contributed by atoms with Gasteiger partial charge in [-0.05, 0) is 31.1 Å². The van der Waals surface area contributed by atoms with Gasteiger partial charge in [-0.3, -0.25) is 4.79 Å². The van der Waals surface area contributed by atoms with Crippen LogP contribution in [0.25, 0.3) is 0 Å². The fourth-order valence-corrected chi connectivity index (χ4v) is 6.16. The Bertz CT molecular complexity index is 926. The number of fused-ring (bicyclic) bond motifs is 2. The van der Waals surface area contributed by atoms with Crippen LogP contribution in [-0.2, 0) is 16.0 Å². The molecule has 2 aliphatic carbocycles. The van der Waals surface area contributed by atoms with Crippen molar-refractivity contribution in [3.05, 3.63) is 17.5 Å². The largest absolute Gasteiger partial charge is 0.434 e. The standard InChI is InChI=1S/C18H23F3N4O4S/c19-18(20,21)15-12(16(27)25-3-5-30(28,29)6-4-25)8-22-17(24-15)23-14-11-2-1-10(7-11)13(14)9-26/h8,10-11,13-14,26H,1-7,9H2,(H,22,23,24)/t10-,11+,13-,14+/m1/s1. The highest BCUT2D eigenvalue weighted by atomic mass is 32.2. The van der Waals surface area contributed by atoms with Crippen LogP contribution in [0.1, 0.15) is 35.3 Å². The number of alkyl halides is 3. The fourth-order valence-electron chi connectivity index (χ4n) is 4.96. The minimum absolute atomic E-state index is 0.0562.